The smallest absolute Gasteiger partial charge is 0.247 e. The fourth-order valence-corrected chi connectivity index (χ4v) is 1.76. The van der Waals surface area contributed by atoms with Gasteiger partial charge in [-0.2, -0.15) is 0 Å². The summed E-state index contributed by atoms with van der Waals surface area (Å²) in [7, 11) is 2.01. The van der Waals surface area contributed by atoms with Crippen LogP contribution in [0.3, 0.4) is 0 Å². The number of hydrogen-bond donors (Lipinski definition) is 1. The molecule has 0 aliphatic heterocycles. The molecule has 0 heterocycles. The Hall–Kier alpha value is -2.55. The van der Waals surface area contributed by atoms with Gasteiger partial charge in [0.15, 0.2) is 0 Å². The van der Waals surface area contributed by atoms with Crippen molar-refractivity contribution in [1.82, 2.24) is 0 Å². The van der Waals surface area contributed by atoms with Gasteiger partial charge in [-0.05, 0) is 42.5 Å². The molecule has 0 aromatic heterocycles. The van der Waals surface area contributed by atoms with Crippen LogP contribution in [0.25, 0.3) is 0 Å². The Balaban J connectivity index is 2.14. The number of hydrogen-bond acceptors (Lipinski definition) is 2. The third-order valence-corrected chi connectivity index (χ3v) is 2.85. The van der Waals surface area contributed by atoms with Crippen LogP contribution in [-0.4, -0.2) is 13.0 Å². The van der Waals surface area contributed by atoms with Crippen molar-refractivity contribution in [3.8, 4) is 0 Å². The van der Waals surface area contributed by atoms with Crippen molar-refractivity contribution in [2.45, 2.75) is 0 Å². The van der Waals surface area contributed by atoms with Crippen LogP contribution in [-0.2, 0) is 4.79 Å². The van der Waals surface area contributed by atoms with Gasteiger partial charge in [0, 0.05) is 24.1 Å². The molecule has 1 N–H and O–H groups in total. The lowest BCUT2D eigenvalue weighted by Crippen LogP contribution is -2.10. The molecule has 0 unspecified atom stereocenters. The van der Waals surface area contributed by atoms with Gasteiger partial charge in [-0.3, -0.25) is 4.79 Å². The fourth-order valence-electron chi connectivity index (χ4n) is 1.76. The third kappa shape index (κ3) is 3.22. The second-order valence-electron chi connectivity index (χ2n) is 4.13. The van der Waals surface area contributed by atoms with Gasteiger partial charge in [0.2, 0.25) is 5.91 Å². The Labute approximate surface area is 113 Å². The highest BCUT2D eigenvalue weighted by Crippen LogP contribution is 2.24. The van der Waals surface area contributed by atoms with Crippen molar-refractivity contribution in [2.75, 3.05) is 17.3 Å². The number of para-hydroxylation sites is 1. The highest BCUT2D eigenvalue weighted by Gasteiger charge is 2.03. The van der Waals surface area contributed by atoms with E-state index in [0.717, 1.165) is 17.1 Å². The summed E-state index contributed by atoms with van der Waals surface area (Å²) in [6.07, 6.45) is 1.25. The average molecular weight is 252 g/mol. The van der Waals surface area contributed by atoms with Crippen LogP contribution >= 0.6 is 0 Å². The van der Waals surface area contributed by atoms with Crippen LogP contribution in [0.5, 0.6) is 0 Å². The van der Waals surface area contributed by atoms with E-state index in [1.807, 2.05) is 61.6 Å². The maximum absolute atomic E-state index is 11.2. The van der Waals surface area contributed by atoms with Gasteiger partial charge in [-0.15, -0.1) is 0 Å². The number of benzene rings is 2. The van der Waals surface area contributed by atoms with Gasteiger partial charge < -0.3 is 10.2 Å². The van der Waals surface area contributed by atoms with Crippen molar-refractivity contribution in [1.29, 1.82) is 0 Å². The first kappa shape index (κ1) is 12.9. The normalized spacial score (nSPS) is 9.74. The molecule has 0 atom stereocenters. The van der Waals surface area contributed by atoms with Gasteiger partial charge in [0.1, 0.15) is 0 Å². The number of anilines is 3. The topological polar surface area (TPSA) is 32.3 Å². The van der Waals surface area contributed by atoms with E-state index in [4.69, 9.17) is 0 Å². The molecule has 3 nitrogen and oxygen atoms in total. The fraction of sp³-hybridized carbons (Fsp3) is 0.0625. The standard InChI is InChI=1S/C16H16N2O/c1-3-16(19)17-13-9-11-15(12-10-13)18(2)14-7-5-4-6-8-14/h3-12H,1H2,2H3,(H,17,19). The molecule has 96 valence electrons. The molecule has 3 heteroatoms. The van der Waals surface area contributed by atoms with E-state index >= 15 is 0 Å². The van der Waals surface area contributed by atoms with E-state index in [0.29, 0.717) is 0 Å². The van der Waals surface area contributed by atoms with E-state index in [9.17, 15) is 4.79 Å². The first-order chi connectivity index (χ1) is 9.20. The highest BCUT2D eigenvalue weighted by molar-refractivity contribution is 5.98. The molecule has 0 spiro atoms. The Morgan fingerprint density at radius 3 is 2.21 bits per heavy atom. The van der Waals surface area contributed by atoms with Crippen LogP contribution in [0.2, 0.25) is 0 Å². The maximum Gasteiger partial charge on any atom is 0.247 e. The van der Waals surface area contributed by atoms with E-state index in [-0.39, 0.29) is 5.91 Å². The summed E-state index contributed by atoms with van der Waals surface area (Å²) >= 11 is 0. The highest BCUT2D eigenvalue weighted by atomic mass is 16.1. The number of carbonyl (C=O) groups is 1. The predicted octanol–water partition coefficient (Wildman–Crippen LogP) is 3.58. The summed E-state index contributed by atoms with van der Waals surface area (Å²) in [5, 5.41) is 2.72. The molecule has 19 heavy (non-hydrogen) atoms. The quantitative estimate of drug-likeness (QED) is 0.843. The lowest BCUT2D eigenvalue weighted by atomic mass is 10.2. The molecule has 1 amide bonds. The third-order valence-electron chi connectivity index (χ3n) is 2.85. The van der Waals surface area contributed by atoms with Gasteiger partial charge >= 0.3 is 0 Å². The maximum atomic E-state index is 11.2. The van der Waals surface area contributed by atoms with E-state index in [1.165, 1.54) is 6.08 Å². The monoisotopic (exact) mass is 252 g/mol. The van der Waals surface area contributed by atoms with Crippen LogP contribution in [0.1, 0.15) is 0 Å². The lowest BCUT2D eigenvalue weighted by molar-refractivity contribution is -0.111. The van der Waals surface area contributed by atoms with Crippen LogP contribution in [0, 0.1) is 0 Å². The van der Waals surface area contributed by atoms with Gasteiger partial charge in [-0.1, -0.05) is 24.8 Å². The number of amides is 1. The zero-order valence-corrected chi connectivity index (χ0v) is 10.8. The van der Waals surface area contributed by atoms with Crippen LogP contribution < -0.4 is 10.2 Å². The molecule has 2 rings (SSSR count). The summed E-state index contributed by atoms with van der Waals surface area (Å²) in [5.74, 6) is -0.204. The Morgan fingerprint density at radius 1 is 1.05 bits per heavy atom. The zero-order valence-electron chi connectivity index (χ0n) is 10.8. The molecule has 2 aromatic carbocycles. The molecular formula is C16H16N2O. The number of carbonyl (C=O) groups excluding carboxylic acids is 1. The number of nitrogens with one attached hydrogen (secondary N) is 1. The molecule has 0 aliphatic rings. The largest absolute Gasteiger partial charge is 0.345 e. The molecule has 0 radical (unpaired) electrons. The van der Waals surface area contributed by atoms with E-state index < -0.39 is 0 Å². The molecule has 2 aromatic rings. The molecule has 0 bridgehead atoms. The van der Waals surface area contributed by atoms with Gasteiger partial charge in [-0.25, -0.2) is 0 Å². The molecular weight excluding hydrogens is 236 g/mol. The first-order valence-electron chi connectivity index (χ1n) is 6.03. The molecule has 0 fully saturated rings. The molecule has 0 saturated carbocycles. The van der Waals surface area contributed by atoms with Gasteiger partial charge in [0.05, 0.1) is 0 Å². The summed E-state index contributed by atoms with van der Waals surface area (Å²) in [6.45, 7) is 3.42. The second kappa shape index (κ2) is 5.87. The molecule has 0 saturated heterocycles. The summed E-state index contributed by atoms with van der Waals surface area (Å²) in [4.78, 5) is 13.3. The first-order valence-corrected chi connectivity index (χ1v) is 6.03. The van der Waals surface area contributed by atoms with E-state index in [2.05, 4.69) is 16.8 Å². The van der Waals surface area contributed by atoms with Crippen molar-refractivity contribution in [3.63, 3.8) is 0 Å². The van der Waals surface area contributed by atoms with Crippen molar-refractivity contribution in [2.24, 2.45) is 0 Å². The minimum Gasteiger partial charge on any atom is -0.345 e. The van der Waals surface area contributed by atoms with Gasteiger partial charge in [0.25, 0.3) is 0 Å². The lowest BCUT2D eigenvalue weighted by Gasteiger charge is -2.19. The summed E-state index contributed by atoms with van der Waals surface area (Å²) in [6, 6.07) is 17.8. The Bertz CT molecular complexity index is 561. The number of rotatable bonds is 4. The Morgan fingerprint density at radius 2 is 1.63 bits per heavy atom. The minimum absolute atomic E-state index is 0.204. The average Bonchev–Trinajstić information content (AvgIpc) is 2.48. The number of nitrogens with zero attached hydrogens (tertiary/aromatic N) is 1. The van der Waals surface area contributed by atoms with Crippen molar-refractivity contribution in [3.05, 3.63) is 67.3 Å². The molecule has 0 aliphatic carbocycles. The predicted molar refractivity (Wildman–Crippen MR) is 79.8 cm³/mol. The zero-order chi connectivity index (χ0) is 13.7. The SMILES string of the molecule is C=CC(=O)Nc1ccc(N(C)c2ccccc2)cc1. The summed E-state index contributed by atoms with van der Waals surface area (Å²) in [5.41, 5.74) is 2.93. The minimum atomic E-state index is -0.204. The summed E-state index contributed by atoms with van der Waals surface area (Å²) < 4.78 is 0. The second-order valence-corrected chi connectivity index (χ2v) is 4.13. The van der Waals surface area contributed by atoms with Crippen molar-refractivity contribution < 1.29 is 4.79 Å². The van der Waals surface area contributed by atoms with Crippen LogP contribution in [0.15, 0.2) is 67.3 Å². The Kier molecular flexibility index (Phi) is 3.98. The van der Waals surface area contributed by atoms with Crippen molar-refractivity contribution >= 4 is 23.0 Å². The van der Waals surface area contributed by atoms with Crippen LogP contribution in [0.4, 0.5) is 17.1 Å². The van der Waals surface area contributed by atoms with E-state index in [1.54, 1.807) is 0 Å².